The first kappa shape index (κ1) is 14.4. The van der Waals surface area contributed by atoms with Gasteiger partial charge in [-0.1, -0.05) is 36.6 Å². The molecular formula is C17H23ClO2. The van der Waals surface area contributed by atoms with E-state index < -0.39 is 6.10 Å². The molecule has 0 amide bonds. The van der Waals surface area contributed by atoms with Crippen LogP contribution in [0.2, 0.25) is 5.02 Å². The summed E-state index contributed by atoms with van der Waals surface area (Å²) < 4.78 is 6.05. The minimum absolute atomic E-state index is 0.0427. The summed E-state index contributed by atoms with van der Waals surface area (Å²) in [5.41, 5.74) is 2.05. The maximum atomic E-state index is 10.7. The van der Waals surface area contributed by atoms with Gasteiger partial charge in [-0.05, 0) is 55.7 Å². The zero-order chi connectivity index (χ0) is 14.2. The minimum atomic E-state index is -0.468. The Kier molecular flexibility index (Phi) is 4.07. The molecule has 3 rings (SSSR count). The summed E-state index contributed by atoms with van der Waals surface area (Å²) in [5, 5.41) is 11.4. The molecule has 1 saturated heterocycles. The highest BCUT2D eigenvalue weighted by atomic mass is 35.5. The van der Waals surface area contributed by atoms with E-state index in [9.17, 15) is 5.11 Å². The zero-order valence-electron chi connectivity index (χ0n) is 12.1. The van der Waals surface area contributed by atoms with Crippen LogP contribution in [0.1, 0.15) is 55.8 Å². The molecule has 0 bridgehead atoms. The van der Waals surface area contributed by atoms with Crippen LogP contribution in [-0.4, -0.2) is 17.3 Å². The molecule has 1 saturated carbocycles. The lowest BCUT2D eigenvalue weighted by molar-refractivity contribution is -0.113. The second kappa shape index (κ2) is 5.67. The SMILES string of the molecule is Cc1ccc(C(O)C2CCOC3(CCCC3)C2)c(Cl)c1. The van der Waals surface area contributed by atoms with Gasteiger partial charge in [0.15, 0.2) is 0 Å². The molecule has 110 valence electrons. The lowest BCUT2D eigenvalue weighted by Gasteiger charge is -2.40. The van der Waals surface area contributed by atoms with Crippen LogP contribution in [0, 0.1) is 12.8 Å². The Bertz CT molecular complexity index is 480. The molecule has 1 aliphatic heterocycles. The normalized spacial score (nSPS) is 26.9. The minimum Gasteiger partial charge on any atom is -0.388 e. The number of rotatable bonds is 2. The number of benzene rings is 1. The van der Waals surface area contributed by atoms with Crippen LogP contribution >= 0.6 is 11.6 Å². The molecule has 2 atom stereocenters. The second-order valence-electron chi connectivity index (χ2n) is 6.46. The molecular weight excluding hydrogens is 272 g/mol. The fourth-order valence-electron chi connectivity index (χ4n) is 3.83. The van der Waals surface area contributed by atoms with Crippen molar-refractivity contribution in [1.82, 2.24) is 0 Å². The number of aliphatic hydroxyl groups is 1. The molecule has 0 aromatic heterocycles. The predicted molar refractivity (Wildman–Crippen MR) is 81.0 cm³/mol. The van der Waals surface area contributed by atoms with E-state index in [-0.39, 0.29) is 11.5 Å². The quantitative estimate of drug-likeness (QED) is 0.875. The van der Waals surface area contributed by atoms with Crippen molar-refractivity contribution in [3.05, 3.63) is 34.3 Å². The van der Waals surface area contributed by atoms with Crippen LogP contribution in [0.5, 0.6) is 0 Å². The van der Waals surface area contributed by atoms with Gasteiger partial charge in [-0.25, -0.2) is 0 Å². The van der Waals surface area contributed by atoms with Crippen molar-refractivity contribution in [2.45, 2.75) is 57.2 Å². The van der Waals surface area contributed by atoms with Crippen molar-refractivity contribution in [2.24, 2.45) is 5.92 Å². The number of hydrogen-bond donors (Lipinski definition) is 1. The van der Waals surface area contributed by atoms with Gasteiger partial charge in [0.2, 0.25) is 0 Å². The van der Waals surface area contributed by atoms with Gasteiger partial charge in [-0.2, -0.15) is 0 Å². The van der Waals surface area contributed by atoms with Crippen LogP contribution in [-0.2, 0) is 4.74 Å². The standard InChI is InChI=1S/C17H23ClO2/c1-12-4-5-14(15(18)10-12)16(19)13-6-9-20-17(11-13)7-2-3-8-17/h4-5,10,13,16,19H,2-3,6-9,11H2,1H3. The summed E-state index contributed by atoms with van der Waals surface area (Å²) in [4.78, 5) is 0. The largest absolute Gasteiger partial charge is 0.388 e. The van der Waals surface area contributed by atoms with E-state index in [0.717, 1.165) is 43.4 Å². The molecule has 1 aromatic carbocycles. The molecule has 3 heteroatoms. The van der Waals surface area contributed by atoms with Crippen molar-refractivity contribution in [3.8, 4) is 0 Å². The van der Waals surface area contributed by atoms with E-state index in [0.29, 0.717) is 5.02 Å². The Balaban J connectivity index is 1.77. The second-order valence-corrected chi connectivity index (χ2v) is 6.87. The summed E-state index contributed by atoms with van der Waals surface area (Å²) >= 11 is 6.30. The van der Waals surface area contributed by atoms with Crippen LogP contribution in [0.15, 0.2) is 18.2 Å². The highest BCUT2D eigenvalue weighted by Gasteiger charge is 2.42. The number of halogens is 1. The van der Waals surface area contributed by atoms with E-state index in [1.807, 2.05) is 25.1 Å². The lowest BCUT2D eigenvalue weighted by atomic mass is 9.80. The number of hydrogen-bond acceptors (Lipinski definition) is 2. The maximum Gasteiger partial charge on any atom is 0.0834 e. The highest BCUT2D eigenvalue weighted by molar-refractivity contribution is 6.31. The van der Waals surface area contributed by atoms with Gasteiger partial charge < -0.3 is 9.84 Å². The Morgan fingerprint density at radius 3 is 2.80 bits per heavy atom. The predicted octanol–water partition coefficient (Wildman–Crippen LogP) is 4.42. The summed E-state index contributed by atoms with van der Waals surface area (Å²) in [7, 11) is 0. The van der Waals surface area contributed by atoms with E-state index in [1.165, 1.54) is 12.8 Å². The number of aliphatic hydroxyl groups excluding tert-OH is 1. The summed E-state index contributed by atoms with van der Waals surface area (Å²) in [6.07, 6.45) is 6.24. The Morgan fingerprint density at radius 1 is 1.35 bits per heavy atom. The van der Waals surface area contributed by atoms with E-state index >= 15 is 0 Å². The number of aryl methyl sites for hydroxylation is 1. The molecule has 2 nitrogen and oxygen atoms in total. The Morgan fingerprint density at radius 2 is 2.10 bits per heavy atom. The third-order valence-corrected chi connectivity index (χ3v) is 5.29. The molecule has 1 heterocycles. The van der Waals surface area contributed by atoms with E-state index in [4.69, 9.17) is 16.3 Å². The van der Waals surface area contributed by atoms with Gasteiger partial charge in [0.05, 0.1) is 11.7 Å². The molecule has 1 aromatic rings. The third kappa shape index (κ3) is 2.74. The van der Waals surface area contributed by atoms with E-state index in [1.54, 1.807) is 0 Å². The molecule has 2 fully saturated rings. The van der Waals surface area contributed by atoms with Gasteiger partial charge in [0, 0.05) is 11.6 Å². The third-order valence-electron chi connectivity index (χ3n) is 4.97. The molecule has 1 N–H and O–H groups in total. The first-order valence-corrected chi connectivity index (χ1v) is 8.06. The van der Waals surface area contributed by atoms with Gasteiger partial charge in [0.1, 0.15) is 0 Å². The van der Waals surface area contributed by atoms with Gasteiger partial charge in [-0.3, -0.25) is 0 Å². The highest BCUT2D eigenvalue weighted by Crippen LogP contribution is 2.46. The molecule has 2 unspecified atom stereocenters. The fourth-order valence-corrected chi connectivity index (χ4v) is 4.18. The summed E-state index contributed by atoms with van der Waals surface area (Å²) in [6.45, 7) is 2.79. The first-order valence-electron chi connectivity index (χ1n) is 7.68. The van der Waals surface area contributed by atoms with E-state index in [2.05, 4.69) is 0 Å². The van der Waals surface area contributed by atoms with Crippen LogP contribution in [0.25, 0.3) is 0 Å². The molecule has 1 spiro atoms. The smallest absolute Gasteiger partial charge is 0.0834 e. The monoisotopic (exact) mass is 294 g/mol. The summed E-state index contributed by atoms with van der Waals surface area (Å²) in [6, 6.07) is 5.93. The molecule has 0 radical (unpaired) electrons. The van der Waals surface area contributed by atoms with Crippen LogP contribution in [0.4, 0.5) is 0 Å². The van der Waals surface area contributed by atoms with Crippen molar-refractivity contribution < 1.29 is 9.84 Å². The first-order chi connectivity index (χ1) is 9.60. The van der Waals surface area contributed by atoms with Crippen molar-refractivity contribution in [3.63, 3.8) is 0 Å². The van der Waals surface area contributed by atoms with Crippen molar-refractivity contribution in [2.75, 3.05) is 6.61 Å². The van der Waals surface area contributed by atoms with Crippen LogP contribution < -0.4 is 0 Å². The Hall–Kier alpha value is -0.570. The lowest BCUT2D eigenvalue weighted by Crippen LogP contribution is -2.39. The Labute approximate surface area is 126 Å². The number of ether oxygens (including phenoxy) is 1. The van der Waals surface area contributed by atoms with Crippen molar-refractivity contribution >= 4 is 11.6 Å². The molecule has 20 heavy (non-hydrogen) atoms. The molecule has 2 aliphatic rings. The fraction of sp³-hybridized carbons (Fsp3) is 0.647. The molecule has 1 aliphatic carbocycles. The topological polar surface area (TPSA) is 29.5 Å². The van der Waals surface area contributed by atoms with Crippen LogP contribution in [0.3, 0.4) is 0 Å². The average Bonchev–Trinajstić information content (AvgIpc) is 2.86. The van der Waals surface area contributed by atoms with Gasteiger partial charge in [-0.15, -0.1) is 0 Å². The zero-order valence-corrected chi connectivity index (χ0v) is 12.8. The maximum absolute atomic E-state index is 10.7. The van der Waals surface area contributed by atoms with Crippen molar-refractivity contribution in [1.29, 1.82) is 0 Å². The van der Waals surface area contributed by atoms with Gasteiger partial charge in [0.25, 0.3) is 0 Å². The van der Waals surface area contributed by atoms with Gasteiger partial charge >= 0.3 is 0 Å². The average molecular weight is 295 g/mol. The summed E-state index contributed by atoms with van der Waals surface area (Å²) in [5.74, 6) is 0.266.